The number of nitrogens with zero attached hydrogens (tertiary/aromatic N) is 1. The summed E-state index contributed by atoms with van der Waals surface area (Å²) in [4.78, 5) is 0. The maximum absolute atomic E-state index is 9.08. The molecule has 0 fully saturated rings. The minimum atomic E-state index is -0.365. The Kier molecular flexibility index (Phi) is 6.22. The van der Waals surface area contributed by atoms with Gasteiger partial charge in [-0.15, -0.1) is 0 Å². The summed E-state index contributed by atoms with van der Waals surface area (Å²) in [6, 6.07) is 2.72. The van der Waals surface area contributed by atoms with Crippen LogP contribution in [0, 0.1) is 11.3 Å². The first-order valence-electron chi connectivity index (χ1n) is 5.20. The molecule has 0 aromatic carbocycles. The molecule has 0 aromatic rings. The molecule has 0 bridgehead atoms. The lowest BCUT2D eigenvalue weighted by atomic mass is 10.0. The van der Waals surface area contributed by atoms with Crippen LogP contribution in [0.2, 0.25) is 0 Å². The van der Waals surface area contributed by atoms with E-state index >= 15 is 0 Å². The molecule has 2 nitrogen and oxygen atoms in total. The summed E-state index contributed by atoms with van der Waals surface area (Å²) >= 11 is 1.91. The number of rotatable bonds is 6. The molecule has 1 N–H and O–H groups in total. The monoisotopic (exact) mass is 214 g/mol. The summed E-state index contributed by atoms with van der Waals surface area (Å²) in [7, 11) is 0. The van der Waals surface area contributed by atoms with Crippen molar-refractivity contribution in [1.29, 1.82) is 5.26 Å². The molecule has 82 valence electrons. The minimum absolute atomic E-state index is 0.365. The Hall–Kier alpha value is -0.200. The second kappa shape index (κ2) is 6.31. The summed E-state index contributed by atoms with van der Waals surface area (Å²) in [5, 5.41) is 13.0. The lowest BCUT2D eigenvalue weighted by Gasteiger charge is -2.25. The predicted molar refractivity (Wildman–Crippen MR) is 64.5 cm³/mol. The highest BCUT2D eigenvalue weighted by molar-refractivity contribution is 7.99. The molecule has 0 aliphatic carbocycles. The topological polar surface area (TPSA) is 35.8 Å². The maximum Gasteiger partial charge on any atom is 0.104 e. The van der Waals surface area contributed by atoms with Gasteiger partial charge in [-0.25, -0.2) is 0 Å². The number of hydrogen-bond donors (Lipinski definition) is 1. The second-order valence-electron chi connectivity index (χ2n) is 4.41. The van der Waals surface area contributed by atoms with Crippen LogP contribution in [-0.4, -0.2) is 22.6 Å². The fourth-order valence-electron chi connectivity index (χ4n) is 1.30. The molecule has 3 heteroatoms. The Balaban J connectivity index is 3.95. The van der Waals surface area contributed by atoms with Gasteiger partial charge in [0, 0.05) is 6.04 Å². The Morgan fingerprint density at radius 1 is 1.36 bits per heavy atom. The third-order valence-electron chi connectivity index (χ3n) is 1.91. The van der Waals surface area contributed by atoms with Crippen molar-refractivity contribution >= 4 is 11.8 Å². The van der Waals surface area contributed by atoms with Crippen molar-refractivity contribution in [3.05, 3.63) is 0 Å². The standard InChI is InChI=1S/C11H22N2S/c1-9(2)13-11(5,8-12)6-7-14-10(3)4/h9-10,13H,6-7H2,1-5H3. The molecule has 0 amide bonds. The summed E-state index contributed by atoms with van der Waals surface area (Å²) < 4.78 is 0. The van der Waals surface area contributed by atoms with Crippen LogP contribution in [0.25, 0.3) is 0 Å². The lowest BCUT2D eigenvalue weighted by molar-refractivity contribution is 0.397. The first kappa shape index (κ1) is 13.8. The van der Waals surface area contributed by atoms with E-state index in [1.165, 1.54) is 0 Å². The average Bonchev–Trinajstić information content (AvgIpc) is 2.02. The van der Waals surface area contributed by atoms with Gasteiger partial charge in [0.15, 0.2) is 0 Å². The van der Waals surface area contributed by atoms with Crippen molar-refractivity contribution in [2.75, 3.05) is 5.75 Å². The Bertz CT molecular complexity index is 196. The molecule has 0 heterocycles. The van der Waals surface area contributed by atoms with E-state index in [9.17, 15) is 0 Å². The average molecular weight is 214 g/mol. The van der Waals surface area contributed by atoms with E-state index in [4.69, 9.17) is 5.26 Å². The van der Waals surface area contributed by atoms with Crippen LogP contribution in [0.15, 0.2) is 0 Å². The quantitative estimate of drug-likeness (QED) is 0.738. The van der Waals surface area contributed by atoms with Gasteiger partial charge < -0.3 is 0 Å². The van der Waals surface area contributed by atoms with Crippen molar-refractivity contribution in [3.63, 3.8) is 0 Å². The summed E-state index contributed by atoms with van der Waals surface area (Å²) in [5.74, 6) is 1.04. The van der Waals surface area contributed by atoms with Crippen molar-refractivity contribution < 1.29 is 0 Å². The zero-order chi connectivity index (χ0) is 11.2. The zero-order valence-corrected chi connectivity index (χ0v) is 10.7. The van der Waals surface area contributed by atoms with E-state index in [2.05, 4.69) is 39.1 Å². The van der Waals surface area contributed by atoms with E-state index < -0.39 is 0 Å². The third kappa shape index (κ3) is 6.28. The van der Waals surface area contributed by atoms with Crippen LogP contribution < -0.4 is 5.32 Å². The van der Waals surface area contributed by atoms with E-state index in [-0.39, 0.29) is 5.54 Å². The normalized spacial score (nSPS) is 15.6. The van der Waals surface area contributed by atoms with Crippen LogP contribution in [0.1, 0.15) is 41.0 Å². The molecule has 1 atom stereocenters. The van der Waals surface area contributed by atoms with Crippen LogP contribution in [-0.2, 0) is 0 Å². The highest BCUT2D eigenvalue weighted by Crippen LogP contribution is 2.17. The fourth-order valence-corrected chi connectivity index (χ4v) is 2.29. The summed E-state index contributed by atoms with van der Waals surface area (Å²) in [6.45, 7) is 10.5. The molecule has 0 saturated carbocycles. The fraction of sp³-hybridized carbons (Fsp3) is 0.909. The smallest absolute Gasteiger partial charge is 0.104 e. The largest absolute Gasteiger partial charge is 0.297 e. The molecular weight excluding hydrogens is 192 g/mol. The Morgan fingerprint density at radius 3 is 2.29 bits per heavy atom. The van der Waals surface area contributed by atoms with Gasteiger partial charge in [0.1, 0.15) is 5.54 Å². The number of thioether (sulfide) groups is 1. The molecule has 0 aromatic heterocycles. The molecule has 0 rings (SSSR count). The van der Waals surface area contributed by atoms with Gasteiger partial charge >= 0.3 is 0 Å². The van der Waals surface area contributed by atoms with Crippen LogP contribution in [0.3, 0.4) is 0 Å². The molecular formula is C11H22N2S. The van der Waals surface area contributed by atoms with Gasteiger partial charge in [0.25, 0.3) is 0 Å². The lowest BCUT2D eigenvalue weighted by Crippen LogP contribution is -2.45. The first-order valence-corrected chi connectivity index (χ1v) is 6.25. The third-order valence-corrected chi connectivity index (χ3v) is 3.01. The van der Waals surface area contributed by atoms with Crippen LogP contribution >= 0.6 is 11.8 Å². The highest BCUT2D eigenvalue weighted by atomic mass is 32.2. The first-order chi connectivity index (χ1) is 6.39. The second-order valence-corrected chi connectivity index (χ2v) is 6.10. The maximum atomic E-state index is 9.08. The van der Waals surface area contributed by atoms with E-state index in [1.54, 1.807) is 0 Å². The highest BCUT2D eigenvalue weighted by Gasteiger charge is 2.23. The van der Waals surface area contributed by atoms with Crippen molar-refractivity contribution in [2.45, 2.75) is 57.9 Å². The van der Waals surface area contributed by atoms with Crippen LogP contribution in [0.4, 0.5) is 0 Å². The number of nitrogens with one attached hydrogen (secondary N) is 1. The van der Waals surface area contributed by atoms with Crippen molar-refractivity contribution in [1.82, 2.24) is 5.32 Å². The van der Waals surface area contributed by atoms with Gasteiger partial charge in [-0.3, -0.25) is 5.32 Å². The SMILES string of the molecule is CC(C)NC(C)(C#N)CCSC(C)C. The molecule has 0 radical (unpaired) electrons. The molecule has 0 spiro atoms. The van der Waals surface area contributed by atoms with Gasteiger partial charge in [-0.05, 0) is 38.2 Å². The van der Waals surface area contributed by atoms with Gasteiger partial charge in [-0.1, -0.05) is 13.8 Å². The van der Waals surface area contributed by atoms with Gasteiger partial charge in [-0.2, -0.15) is 17.0 Å². The molecule has 0 aliphatic heterocycles. The minimum Gasteiger partial charge on any atom is -0.297 e. The van der Waals surface area contributed by atoms with Gasteiger partial charge in [0.05, 0.1) is 6.07 Å². The van der Waals surface area contributed by atoms with E-state index in [0.717, 1.165) is 12.2 Å². The molecule has 0 aliphatic rings. The molecule has 14 heavy (non-hydrogen) atoms. The molecule has 1 unspecified atom stereocenters. The Labute approximate surface area is 92.5 Å². The summed E-state index contributed by atoms with van der Waals surface area (Å²) in [5.41, 5.74) is -0.365. The van der Waals surface area contributed by atoms with E-state index in [0.29, 0.717) is 11.3 Å². The summed E-state index contributed by atoms with van der Waals surface area (Å²) in [6.07, 6.45) is 0.907. The van der Waals surface area contributed by atoms with Crippen LogP contribution in [0.5, 0.6) is 0 Å². The Morgan fingerprint density at radius 2 is 1.93 bits per heavy atom. The van der Waals surface area contributed by atoms with E-state index in [1.807, 2.05) is 18.7 Å². The van der Waals surface area contributed by atoms with Crippen molar-refractivity contribution in [3.8, 4) is 6.07 Å². The number of nitriles is 1. The van der Waals surface area contributed by atoms with Gasteiger partial charge in [0.2, 0.25) is 0 Å². The van der Waals surface area contributed by atoms with Crippen molar-refractivity contribution in [2.24, 2.45) is 0 Å². The molecule has 0 saturated heterocycles. The predicted octanol–water partition coefficient (Wildman–Crippen LogP) is 2.80. The zero-order valence-electron chi connectivity index (χ0n) is 9.92. The number of hydrogen-bond acceptors (Lipinski definition) is 3.